The van der Waals surface area contributed by atoms with Crippen molar-refractivity contribution in [1.82, 2.24) is 0 Å². The number of benzene rings is 2. The van der Waals surface area contributed by atoms with Gasteiger partial charge in [-0.15, -0.1) is 0 Å². The highest BCUT2D eigenvalue weighted by Crippen LogP contribution is 2.38. The van der Waals surface area contributed by atoms with Gasteiger partial charge in [0.1, 0.15) is 31.2 Å². The number of carbonyl (C=O) groups is 8. The lowest BCUT2D eigenvalue weighted by Gasteiger charge is -2.49. The summed E-state index contributed by atoms with van der Waals surface area (Å²) in [5, 5.41) is 10.2. The van der Waals surface area contributed by atoms with Crippen LogP contribution in [0.4, 0.5) is 0 Å². The third-order valence-electron chi connectivity index (χ3n) is 8.81. The van der Waals surface area contributed by atoms with Crippen molar-refractivity contribution in [1.29, 1.82) is 0 Å². The first kappa shape index (κ1) is 46.5. The minimum Gasteiger partial charge on any atom is -0.481 e. The summed E-state index contributed by atoms with van der Waals surface area (Å²) in [6.07, 6.45) is -12.2. The molecule has 10 atom stereocenters. The minimum absolute atomic E-state index is 0.0972. The molecule has 2 aromatic rings. The van der Waals surface area contributed by atoms with Gasteiger partial charge in [0.15, 0.2) is 36.5 Å². The molecule has 0 spiro atoms. The maximum Gasteiger partial charge on any atom is 0.303 e. The summed E-state index contributed by atoms with van der Waals surface area (Å²) < 4.78 is 57.2. The Balaban J connectivity index is 1.75. The van der Waals surface area contributed by atoms with Crippen LogP contribution in [0.5, 0.6) is 5.75 Å². The lowest BCUT2D eigenvalue weighted by molar-refractivity contribution is -0.349. The topological polar surface area (TPSA) is 249 Å². The van der Waals surface area contributed by atoms with E-state index in [0.717, 1.165) is 47.1 Å². The number of allylic oxidation sites excluding steroid dienone is 1. The average Bonchev–Trinajstić information content (AvgIpc) is 3.16. The monoisotopic (exact) mass is 842 g/mol. The second-order valence-electron chi connectivity index (χ2n) is 13.6. The molecule has 4 rings (SSSR count). The Bertz CT molecular complexity index is 1890. The molecule has 0 unspecified atom stereocenters. The van der Waals surface area contributed by atoms with Gasteiger partial charge in [-0.1, -0.05) is 36.4 Å². The quantitative estimate of drug-likeness (QED) is 0.104. The van der Waals surface area contributed by atoms with Crippen LogP contribution in [0.1, 0.15) is 63.9 Å². The van der Waals surface area contributed by atoms with Crippen LogP contribution in [0.3, 0.4) is 0 Å². The molecular weight excluding hydrogens is 796 g/mol. The molecule has 0 saturated carbocycles. The summed E-state index contributed by atoms with van der Waals surface area (Å²) in [6.45, 7) is 5.11. The van der Waals surface area contributed by atoms with Crippen molar-refractivity contribution in [2.24, 2.45) is 5.92 Å². The molecule has 19 nitrogen and oxygen atoms in total. The van der Waals surface area contributed by atoms with Crippen LogP contribution in [0.25, 0.3) is 6.08 Å². The predicted octanol–water partition coefficient (Wildman–Crippen LogP) is 2.74. The Labute approximate surface area is 344 Å². The fraction of sp³-hybridized carbons (Fsp3) is 0.463. The first-order valence-electron chi connectivity index (χ1n) is 18.6. The van der Waals surface area contributed by atoms with Crippen LogP contribution < -0.4 is 4.74 Å². The second-order valence-corrected chi connectivity index (χ2v) is 13.6. The van der Waals surface area contributed by atoms with Gasteiger partial charge in [-0.05, 0) is 35.9 Å². The summed E-state index contributed by atoms with van der Waals surface area (Å²) in [5.74, 6) is -8.23. The van der Waals surface area contributed by atoms with Crippen molar-refractivity contribution in [2.45, 2.75) is 103 Å². The molecule has 1 N–H and O–H groups in total. The van der Waals surface area contributed by atoms with E-state index in [1.807, 2.05) is 30.3 Å². The van der Waals surface area contributed by atoms with E-state index in [0.29, 0.717) is 5.56 Å². The maximum atomic E-state index is 12.9. The Hall–Kier alpha value is -6.18. The number of hydrogen-bond acceptors (Lipinski definition) is 18. The number of ether oxygens (including phenoxy) is 10. The molecule has 0 amide bonds. The summed E-state index contributed by atoms with van der Waals surface area (Å²) in [4.78, 5) is 99.0. The Morgan fingerprint density at radius 1 is 0.583 bits per heavy atom. The van der Waals surface area contributed by atoms with Gasteiger partial charge in [0.2, 0.25) is 6.29 Å². The van der Waals surface area contributed by atoms with Gasteiger partial charge in [0, 0.05) is 53.0 Å². The van der Waals surface area contributed by atoms with Crippen LogP contribution in [-0.4, -0.2) is 121 Å². The van der Waals surface area contributed by atoms with Crippen LogP contribution in [0.2, 0.25) is 0 Å². The molecule has 60 heavy (non-hydrogen) atoms. The first-order valence-corrected chi connectivity index (χ1v) is 18.6. The van der Waals surface area contributed by atoms with Gasteiger partial charge >= 0.3 is 41.8 Å². The summed E-state index contributed by atoms with van der Waals surface area (Å²) in [5.41, 5.74) is 1.11. The number of aliphatic carboxylic acids is 1. The molecule has 0 radical (unpaired) electrons. The largest absolute Gasteiger partial charge is 0.481 e. The Kier molecular flexibility index (Phi) is 16.8. The summed E-state index contributed by atoms with van der Waals surface area (Å²) in [7, 11) is 0. The molecule has 324 valence electrons. The minimum atomic E-state index is -1.84. The highest BCUT2D eigenvalue weighted by Gasteiger charge is 2.57. The molecule has 2 aliphatic rings. The van der Waals surface area contributed by atoms with Gasteiger partial charge < -0.3 is 52.5 Å². The molecule has 0 aliphatic carbocycles. The van der Waals surface area contributed by atoms with E-state index < -0.39 is 123 Å². The molecular formula is C41H46O19. The van der Waals surface area contributed by atoms with Gasteiger partial charge in [0.05, 0.1) is 12.5 Å². The molecule has 2 heterocycles. The van der Waals surface area contributed by atoms with E-state index in [-0.39, 0.29) is 11.5 Å². The second kappa shape index (κ2) is 21.7. The third kappa shape index (κ3) is 13.7. The third-order valence-corrected chi connectivity index (χ3v) is 8.81. The molecule has 0 aromatic heterocycles. The standard InChI is InChI=1S/C41H46O19/c1-21(42)51-19-32-35(60-41-39(56-26(6)47)38(55-25(5)46)37(54-24(4)45)33(59-41)20-52-22(2)43)30(18-34(49)50)36(53-23(3)44)40(58-32)57-29-15-13-28(14-16-29)31(48)17-12-27-10-8-7-9-11-27/h7-17,30,32-33,35-41H,18-20H2,1-6H3,(H,49,50)/b17-12+/t30-,32+,33+,35-,36+,37+,38-,39+,40-,41-/m1/s1. The fourth-order valence-electron chi connectivity index (χ4n) is 6.49. The zero-order chi connectivity index (χ0) is 44.1. The number of ketones is 1. The van der Waals surface area contributed by atoms with E-state index in [4.69, 9.17) is 47.4 Å². The summed E-state index contributed by atoms with van der Waals surface area (Å²) in [6, 6.07) is 15.0. The van der Waals surface area contributed by atoms with Crippen molar-refractivity contribution in [3.8, 4) is 5.75 Å². The van der Waals surface area contributed by atoms with Gasteiger partial charge in [-0.2, -0.15) is 0 Å². The molecule has 2 aromatic carbocycles. The SMILES string of the molecule is CC(=O)OC[C@@H]1O[C@@H](Oc2ccc(C(=O)/C=C/c3ccccc3)cc2)[C@@H](OC(C)=O)[C@H](CC(=O)O)[C@H]1O[C@H]1O[C@@H](COC(C)=O)[C@H](OC(C)=O)[C@@H](OC(C)=O)[C@@H]1OC(C)=O. The number of carboxylic acid groups (broad SMARTS) is 1. The zero-order valence-electron chi connectivity index (χ0n) is 33.5. The van der Waals surface area contributed by atoms with Crippen LogP contribution in [0, 0.1) is 5.92 Å². The van der Waals surface area contributed by atoms with Gasteiger partial charge in [-0.25, -0.2) is 0 Å². The van der Waals surface area contributed by atoms with Crippen molar-refractivity contribution in [3.05, 3.63) is 71.8 Å². The Morgan fingerprint density at radius 2 is 1.08 bits per heavy atom. The average molecular weight is 843 g/mol. The van der Waals surface area contributed by atoms with E-state index in [2.05, 4.69) is 0 Å². The fourth-order valence-corrected chi connectivity index (χ4v) is 6.49. The van der Waals surface area contributed by atoms with Crippen LogP contribution in [-0.2, 0) is 76.2 Å². The zero-order valence-corrected chi connectivity index (χ0v) is 33.5. The number of esters is 6. The Morgan fingerprint density at radius 3 is 1.62 bits per heavy atom. The highest BCUT2D eigenvalue weighted by molar-refractivity contribution is 6.06. The predicted molar refractivity (Wildman–Crippen MR) is 200 cm³/mol. The van der Waals surface area contributed by atoms with Crippen molar-refractivity contribution in [3.63, 3.8) is 0 Å². The van der Waals surface area contributed by atoms with Crippen molar-refractivity contribution in [2.75, 3.05) is 13.2 Å². The van der Waals surface area contributed by atoms with E-state index in [9.17, 15) is 43.5 Å². The number of rotatable bonds is 17. The van der Waals surface area contributed by atoms with E-state index >= 15 is 0 Å². The van der Waals surface area contributed by atoms with Gasteiger partial charge in [0.25, 0.3) is 0 Å². The van der Waals surface area contributed by atoms with E-state index in [1.165, 1.54) is 30.3 Å². The van der Waals surface area contributed by atoms with Gasteiger partial charge in [-0.3, -0.25) is 38.4 Å². The maximum absolute atomic E-state index is 12.9. The number of carbonyl (C=O) groups excluding carboxylic acids is 7. The molecule has 2 aliphatic heterocycles. The lowest BCUT2D eigenvalue weighted by atomic mass is 9.85. The smallest absolute Gasteiger partial charge is 0.303 e. The van der Waals surface area contributed by atoms with Crippen LogP contribution >= 0.6 is 0 Å². The van der Waals surface area contributed by atoms with Crippen molar-refractivity contribution < 1.29 is 90.8 Å². The first-order chi connectivity index (χ1) is 28.4. The molecule has 19 heteroatoms. The molecule has 2 fully saturated rings. The number of hydrogen-bond donors (Lipinski definition) is 1. The molecule has 0 bridgehead atoms. The lowest BCUT2D eigenvalue weighted by Crippen LogP contribution is -2.66. The normalized spacial score (nSPS) is 26.2. The number of carboxylic acids is 1. The summed E-state index contributed by atoms with van der Waals surface area (Å²) >= 11 is 0. The van der Waals surface area contributed by atoms with Crippen LogP contribution in [0.15, 0.2) is 60.7 Å². The molecule has 2 saturated heterocycles. The van der Waals surface area contributed by atoms with E-state index in [1.54, 1.807) is 6.08 Å². The van der Waals surface area contributed by atoms with Crippen molar-refractivity contribution >= 4 is 53.6 Å². The highest BCUT2D eigenvalue weighted by atomic mass is 16.8.